The second-order valence-corrected chi connectivity index (χ2v) is 6.42. The van der Waals surface area contributed by atoms with Crippen LogP contribution in [-0.4, -0.2) is 22.5 Å². The Hall–Kier alpha value is -1.42. The molecular weight excluding hydrogens is 262 g/mol. The van der Waals surface area contributed by atoms with Gasteiger partial charge in [-0.25, -0.2) is 4.98 Å². The summed E-state index contributed by atoms with van der Waals surface area (Å²) in [5, 5.41) is 4.75. The van der Waals surface area contributed by atoms with E-state index in [4.69, 9.17) is 11.6 Å². The van der Waals surface area contributed by atoms with Gasteiger partial charge in [0.05, 0.1) is 17.7 Å². The molecule has 2 unspecified atom stereocenters. The van der Waals surface area contributed by atoms with Crippen LogP contribution in [0.2, 0.25) is 5.15 Å². The largest absolute Gasteiger partial charge is 0.306 e. The average molecular weight is 278 g/mol. The highest BCUT2D eigenvalue weighted by molar-refractivity contribution is 6.34. The molecule has 2 heterocycles. The first-order valence-electron chi connectivity index (χ1n) is 6.45. The van der Waals surface area contributed by atoms with Crippen molar-refractivity contribution in [3.8, 4) is 0 Å². The molecule has 2 aliphatic rings. The molecule has 2 atom stereocenters. The van der Waals surface area contributed by atoms with Crippen LogP contribution in [-0.2, 0) is 4.79 Å². The van der Waals surface area contributed by atoms with Crippen LogP contribution < -0.4 is 5.43 Å². The maximum absolute atomic E-state index is 12.4. The summed E-state index contributed by atoms with van der Waals surface area (Å²) >= 11 is 6.11. The molecule has 0 spiro atoms. The number of fused-ring (bicyclic) bond motifs is 1. The van der Waals surface area contributed by atoms with Crippen molar-refractivity contribution in [2.45, 2.75) is 32.7 Å². The first-order valence-corrected chi connectivity index (χ1v) is 6.82. The number of aromatic nitrogens is 1. The Morgan fingerprint density at radius 1 is 1.47 bits per heavy atom. The van der Waals surface area contributed by atoms with Crippen LogP contribution in [0.4, 0.5) is 0 Å². The zero-order valence-electron chi connectivity index (χ0n) is 11.0. The van der Waals surface area contributed by atoms with Crippen molar-refractivity contribution < 1.29 is 4.79 Å². The van der Waals surface area contributed by atoms with Gasteiger partial charge < -0.3 is 5.43 Å². The fourth-order valence-corrected chi connectivity index (χ4v) is 3.30. The van der Waals surface area contributed by atoms with Gasteiger partial charge in [-0.05, 0) is 24.0 Å². The number of carbonyl (C=O) groups excluding carboxylic acids is 1. The molecule has 1 aliphatic carbocycles. The molecule has 1 saturated carbocycles. The van der Waals surface area contributed by atoms with Crippen molar-refractivity contribution >= 4 is 23.1 Å². The monoisotopic (exact) mass is 277 g/mol. The van der Waals surface area contributed by atoms with E-state index in [1.54, 1.807) is 6.20 Å². The molecule has 0 amide bonds. The van der Waals surface area contributed by atoms with Gasteiger partial charge in [-0.3, -0.25) is 4.79 Å². The molecule has 1 aromatic rings. The van der Waals surface area contributed by atoms with Crippen LogP contribution >= 0.6 is 11.6 Å². The summed E-state index contributed by atoms with van der Waals surface area (Å²) in [4.78, 5) is 16.5. The highest BCUT2D eigenvalue weighted by atomic mass is 35.5. The number of nitrogens with one attached hydrogen (secondary N) is 1. The van der Waals surface area contributed by atoms with Crippen LogP contribution in [0.25, 0.3) is 0 Å². The molecule has 19 heavy (non-hydrogen) atoms. The van der Waals surface area contributed by atoms with Gasteiger partial charge in [0, 0.05) is 18.2 Å². The molecule has 0 radical (unpaired) electrons. The Morgan fingerprint density at radius 3 is 3.00 bits per heavy atom. The van der Waals surface area contributed by atoms with Gasteiger partial charge in [0.1, 0.15) is 10.9 Å². The van der Waals surface area contributed by atoms with E-state index in [9.17, 15) is 4.79 Å². The standard InChI is InChI=1S/C14H16ClN3O/c1-14(2)6-9-11(10(19)7-14)12(18-17-9)8-4-3-5-16-13(8)15/h3-5,9,11,17H,6-7H2,1-2H3. The number of rotatable bonds is 1. The van der Waals surface area contributed by atoms with Crippen LogP contribution in [0.3, 0.4) is 0 Å². The minimum atomic E-state index is -0.185. The summed E-state index contributed by atoms with van der Waals surface area (Å²) in [6.07, 6.45) is 3.17. The third-order valence-corrected chi connectivity index (χ3v) is 4.16. The maximum atomic E-state index is 12.4. The van der Waals surface area contributed by atoms with Crippen LogP contribution in [0, 0.1) is 11.3 Å². The van der Waals surface area contributed by atoms with E-state index < -0.39 is 0 Å². The lowest BCUT2D eigenvalue weighted by atomic mass is 9.68. The molecule has 4 nitrogen and oxygen atoms in total. The molecular formula is C14H16ClN3O. The Kier molecular flexibility index (Phi) is 2.86. The Labute approximate surface area is 117 Å². The van der Waals surface area contributed by atoms with Gasteiger partial charge in [-0.2, -0.15) is 5.10 Å². The molecule has 5 heteroatoms. The molecule has 0 bridgehead atoms. The lowest BCUT2D eigenvalue weighted by Gasteiger charge is -2.36. The van der Waals surface area contributed by atoms with E-state index in [1.165, 1.54) is 0 Å². The lowest BCUT2D eigenvalue weighted by molar-refractivity contribution is -0.126. The van der Waals surface area contributed by atoms with Crippen molar-refractivity contribution in [3.05, 3.63) is 29.0 Å². The van der Waals surface area contributed by atoms with Crippen molar-refractivity contribution in [2.24, 2.45) is 16.4 Å². The number of halogens is 1. The predicted molar refractivity (Wildman–Crippen MR) is 74.2 cm³/mol. The molecule has 0 saturated heterocycles. The highest BCUT2D eigenvalue weighted by Crippen LogP contribution is 2.40. The Morgan fingerprint density at radius 2 is 2.26 bits per heavy atom. The van der Waals surface area contributed by atoms with E-state index in [-0.39, 0.29) is 23.2 Å². The lowest BCUT2D eigenvalue weighted by Crippen LogP contribution is -2.45. The Bertz CT molecular complexity index is 568. The average Bonchev–Trinajstić information content (AvgIpc) is 2.71. The highest BCUT2D eigenvalue weighted by Gasteiger charge is 2.46. The fraction of sp³-hybridized carbons (Fsp3) is 0.500. The number of pyridine rings is 1. The normalized spacial score (nSPS) is 28.6. The SMILES string of the molecule is CC1(C)CC(=O)C2C(c3cccnc3Cl)=NNC2C1. The molecule has 100 valence electrons. The number of hydrogen-bond donors (Lipinski definition) is 1. The summed E-state index contributed by atoms with van der Waals surface area (Å²) in [6, 6.07) is 3.77. The molecule has 3 rings (SSSR count). The summed E-state index contributed by atoms with van der Waals surface area (Å²) < 4.78 is 0. The van der Waals surface area contributed by atoms with Gasteiger partial charge in [-0.1, -0.05) is 25.4 Å². The number of carbonyl (C=O) groups is 1. The number of hydrogen-bond acceptors (Lipinski definition) is 4. The second kappa shape index (κ2) is 4.30. The van der Waals surface area contributed by atoms with Gasteiger partial charge in [0.15, 0.2) is 0 Å². The van der Waals surface area contributed by atoms with Gasteiger partial charge in [0.25, 0.3) is 0 Å². The minimum Gasteiger partial charge on any atom is -0.306 e. The van der Waals surface area contributed by atoms with Crippen molar-refractivity contribution in [2.75, 3.05) is 0 Å². The number of hydrazone groups is 1. The van der Waals surface area contributed by atoms with Crippen LogP contribution in [0.5, 0.6) is 0 Å². The third-order valence-electron chi connectivity index (χ3n) is 3.85. The summed E-state index contributed by atoms with van der Waals surface area (Å²) in [7, 11) is 0. The molecule has 0 aromatic carbocycles. The first-order chi connectivity index (χ1) is 8.98. The van der Waals surface area contributed by atoms with E-state index in [2.05, 4.69) is 29.4 Å². The van der Waals surface area contributed by atoms with Gasteiger partial charge >= 0.3 is 0 Å². The smallest absolute Gasteiger partial charge is 0.144 e. The second-order valence-electron chi connectivity index (χ2n) is 6.06. The molecule has 1 aliphatic heterocycles. The van der Waals surface area contributed by atoms with Crippen molar-refractivity contribution in [1.82, 2.24) is 10.4 Å². The summed E-state index contributed by atoms with van der Waals surface area (Å²) in [6.45, 7) is 4.25. The van der Waals surface area contributed by atoms with E-state index in [0.717, 1.165) is 17.7 Å². The van der Waals surface area contributed by atoms with Crippen LogP contribution in [0.1, 0.15) is 32.3 Å². The number of ketones is 1. The minimum absolute atomic E-state index is 0.0367. The molecule has 1 fully saturated rings. The fourth-order valence-electron chi connectivity index (χ4n) is 3.08. The summed E-state index contributed by atoms with van der Waals surface area (Å²) in [5.41, 5.74) is 4.64. The van der Waals surface area contributed by atoms with Crippen LogP contribution in [0.15, 0.2) is 23.4 Å². The number of nitrogens with zero attached hydrogens (tertiary/aromatic N) is 2. The van der Waals surface area contributed by atoms with E-state index in [1.807, 2.05) is 12.1 Å². The predicted octanol–water partition coefficient (Wildman–Crippen LogP) is 2.42. The topological polar surface area (TPSA) is 54.4 Å². The van der Waals surface area contributed by atoms with Gasteiger partial charge in [-0.15, -0.1) is 0 Å². The molecule has 1 aromatic heterocycles. The zero-order valence-corrected chi connectivity index (χ0v) is 11.7. The van der Waals surface area contributed by atoms with Crippen molar-refractivity contribution in [3.63, 3.8) is 0 Å². The maximum Gasteiger partial charge on any atom is 0.144 e. The quantitative estimate of drug-likeness (QED) is 0.802. The number of Topliss-reactive ketones (excluding diaryl/α,β-unsaturated/α-hetero) is 1. The van der Waals surface area contributed by atoms with E-state index >= 15 is 0 Å². The molecule has 1 N–H and O–H groups in total. The summed E-state index contributed by atoms with van der Waals surface area (Å²) in [5.74, 6) is 0.0552. The van der Waals surface area contributed by atoms with Crippen molar-refractivity contribution in [1.29, 1.82) is 0 Å². The third kappa shape index (κ3) is 2.14. The van der Waals surface area contributed by atoms with Gasteiger partial charge in [0.2, 0.25) is 0 Å². The Balaban J connectivity index is 1.95. The zero-order chi connectivity index (χ0) is 13.6. The first kappa shape index (κ1) is 12.6. The van der Waals surface area contributed by atoms with E-state index in [0.29, 0.717) is 11.6 Å².